The van der Waals surface area contributed by atoms with Gasteiger partial charge in [-0.2, -0.15) is 12.6 Å². The number of hydrogen-bond donors (Lipinski definition) is 1. The lowest BCUT2D eigenvalue weighted by molar-refractivity contribution is 0.0223. The van der Waals surface area contributed by atoms with Gasteiger partial charge in [-0.1, -0.05) is 36.8 Å². The Labute approximate surface area is 128 Å². The van der Waals surface area contributed by atoms with Crippen molar-refractivity contribution in [2.75, 3.05) is 39.0 Å². The maximum atomic E-state index is 4.63. The molecule has 0 radical (unpaired) electrons. The number of thiol groups is 1. The van der Waals surface area contributed by atoms with E-state index >= 15 is 0 Å². The Morgan fingerprint density at radius 2 is 1.95 bits per heavy atom. The third-order valence-electron chi connectivity index (χ3n) is 5.17. The molecule has 3 heteroatoms. The smallest absolute Gasteiger partial charge is 0.0475 e. The van der Waals surface area contributed by atoms with Gasteiger partial charge >= 0.3 is 0 Å². The number of likely N-dealkylation sites (N-methyl/N-ethyl adjacent to an activating group) is 1. The monoisotopic (exact) mass is 290 g/mol. The number of nitrogens with zero attached hydrogens (tertiary/aromatic N) is 2. The third-order valence-corrected chi connectivity index (χ3v) is 5.84. The van der Waals surface area contributed by atoms with Gasteiger partial charge < -0.3 is 4.90 Å². The van der Waals surface area contributed by atoms with Crippen LogP contribution in [0, 0.1) is 5.41 Å². The van der Waals surface area contributed by atoms with Crippen LogP contribution in [0.2, 0.25) is 0 Å². The molecule has 1 aromatic rings. The molecular formula is C17H26N2S. The fourth-order valence-corrected chi connectivity index (χ4v) is 4.03. The number of benzene rings is 1. The Kier molecular flexibility index (Phi) is 4.39. The highest BCUT2D eigenvalue weighted by Gasteiger charge is 2.39. The van der Waals surface area contributed by atoms with Gasteiger partial charge in [0.15, 0.2) is 0 Å². The molecule has 1 aromatic carbocycles. The maximum absolute atomic E-state index is 4.63. The first-order valence-corrected chi connectivity index (χ1v) is 8.44. The summed E-state index contributed by atoms with van der Waals surface area (Å²) in [6.07, 6.45) is 4.12. The van der Waals surface area contributed by atoms with Gasteiger partial charge in [-0.05, 0) is 36.6 Å². The van der Waals surface area contributed by atoms with Gasteiger partial charge in [-0.15, -0.1) is 0 Å². The summed E-state index contributed by atoms with van der Waals surface area (Å²) in [5.74, 6) is 1.04. The molecule has 1 aliphatic heterocycles. The second kappa shape index (κ2) is 6.08. The zero-order chi connectivity index (χ0) is 14.0. The van der Waals surface area contributed by atoms with Crippen molar-refractivity contribution >= 4 is 12.6 Å². The van der Waals surface area contributed by atoms with Crippen LogP contribution in [0.4, 0.5) is 0 Å². The highest BCUT2D eigenvalue weighted by molar-refractivity contribution is 7.80. The first-order chi connectivity index (χ1) is 9.72. The van der Waals surface area contributed by atoms with Crippen LogP contribution in [0.1, 0.15) is 30.9 Å². The summed E-state index contributed by atoms with van der Waals surface area (Å²) in [6, 6.07) is 11.6. The molecule has 1 heterocycles. The molecule has 3 rings (SSSR count). The number of piperazine rings is 1. The van der Waals surface area contributed by atoms with E-state index in [1.165, 1.54) is 44.5 Å². The molecule has 2 nitrogen and oxygen atoms in total. The van der Waals surface area contributed by atoms with Crippen molar-refractivity contribution < 1.29 is 0 Å². The summed E-state index contributed by atoms with van der Waals surface area (Å²) in [4.78, 5) is 5.17. The van der Waals surface area contributed by atoms with Gasteiger partial charge in [0.05, 0.1) is 0 Å². The quantitative estimate of drug-likeness (QED) is 0.852. The van der Waals surface area contributed by atoms with Crippen LogP contribution < -0.4 is 0 Å². The summed E-state index contributed by atoms with van der Waals surface area (Å²) in [5, 5.41) is 0. The Morgan fingerprint density at radius 3 is 2.55 bits per heavy atom. The molecule has 0 spiro atoms. The lowest BCUT2D eigenvalue weighted by Gasteiger charge is -2.49. The predicted octanol–water partition coefficient (Wildman–Crippen LogP) is 3.08. The second-order valence-electron chi connectivity index (χ2n) is 6.67. The SMILES string of the molecule is CN1CCN(CC2(CS)CCC2)C(c2ccccc2)C1. The molecule has 0 bridgehead atoms. The third kappa shape index (κ3) is 2.90. The molecule has 1 atom stereocenters. The minimum absolute atomic E-state index is 0.492. The topological polar surface area (TPSA) is 6.48 Å². The maximum Gasteiger partial charge on any atom is 0.0475 e. The molecule has 20 heavy (non-hydrogen) atoms. The highest BCUT2D eigenvalue weighted by atomic mass is 32.1. The minimum atomic E-state index is 0.492. The van der Waals surface area contributed by atoms with Crippen molar-refractivity contribution in [1.82, 2.24) is 9.80 Å². The molecule has 1 saturated heterocycles. The fourth-order valence-electron chi connectivity index (χ4n) is 3.61. The molecule has 1 saturated carbocycles. The van der Waals surface area contributed by atoms with Crippen molar-refractivity contribution in [3.05, 3.63) is 35.9 Å². The van der Waals surface area contributed by atoms with Crippen LogP contribution >= 0.6 is 12.6 Å². The van der Waals surface area contributed by atoms with Gasteiger partial charge in [0, 0.05) is 32.2 Å². The number of hydrogen-bond acceptors (Lipinski definition) is 3. The molecule has 1 aliphatic carbocycles. The first kappa shape index (κ1) is 14.4. The van der Waals surface area contributed by atoms with E-state index in [1.807, 2.05) is 0 Å². The normalized spacial score (nSPS) is 27.2. The zero-order valence-electron chi connectivity index (χ0n) is 12.5. The Morgan fingerprint density at radius 1 is 1.20 bits per heavy atom. The van der Waals surface area contributed by atoms with E-state index in [9.17, 15) is 0 Å². The summed E-state index contributed by atoms with van der Waals surface area (Å²) < 4.78 is 0. The molecule has 0 aromatic heterocycles. The molecule has 0 N–H and O–H groups in total. The van der Waals surface area contributed by atoms with Crippen LogP contribution in [0.5, 0.6) is 0 Å². The van der Waals surface area contributed by atoms with E-state index < -0.39 is 0 Å². The molecule has 2 fully saturated rings. The summed E-state index contributed by atoms with van der Waals surface area (Å²) in [6.45, 7) is 4.74. The van der Waals surface area contributed by atoms with E-state index in [0.29, 0.717) is 11.5 Å². The molecule has 110 valence electrons. The Bertz CT molecular complexity index is 424. The van der Waals surface area contributed by atoms with E-state index in [-0.39, 0.29) is 0 Å². The lowest BCUT2D eigenvalue weighted by atomic mass is 9.69. The molecule has 1 unspecified atom stereocenters. The highest BCUT2D eigenvalue weighted by Crippen LogP contribution is 2.44. The van der Waals surface area contributed by atoms with Gasteiger partial charge in [-0.3, -0.25) is 4.90 Å². The van der Waals surface area contributed by atoms with Crippen LogP contribution in [0.25, 0.3) is 0 Å². The van der Waals surface area contributed by atoms with Crippen LogP contribution in [-0.2, 0) is 0 Å². The van der Waals surface area contributed by atoms with Crippen molar-refractivity contribution in [2.45, 2.75) is 25.3 Å². The van der Waals surface area contributed by atoms with Crippen molar-refractivity contribution in [2.24, 2.45) is 5.41 Å². The van der Waals surface area contributed by atoms with E-state index in [2.05, 4.69) is 59.8 Å². The van der Waals surface area contributed by atoms with Crippen molar-refractivity contribution in [1.29, 1.82) is 0 Å². The largest absolute Gasteiger partial charge is 0.303 e. The summed E-state index contributed by atoms with van der Waals surface area (Å²) in [5.41, 5.74) is 1.96. The van der Waals surface area contributed by atoms with E-state index in [1.54, 1.807) is 0 Å². The molecular weight excluding hydrogens is 264 g/mol. The average molecular weight is 290 g/mol. The zero-order valence-corrected chi connectivity index (χ0v) is 13.4. The first-order valence-electron chi connectivity index (χ1n) is 7.81. The second-order valence-corrected chi connectivity index (χ2v) is 6.99. The van der Waals surface area contributed by atoms with Crippen LogP contribution in [0.15, 0.2) is 30.3 Å². The van der Waals surface area contributed by atoms with E-state index in [0.717, 1.165) is 12.3 Å². The fraction of sp³-hybridized carbons (Fsp3) is 0.647. The minimum Gasteiger partial charge on any atom is -0.303 e. The average Bonchev–Trinajstić information content (AvgIpc) is 2.45. The lowest BCUT2D eigenvalue weighted by Crippen LogP contribution is -2.52. The Balaban J connectivity index is 1.76. The molecule has 2 aliphatic rings. The van der Waals surface area contributed by atoms with Crippen LogP contribution in [-0.4, -0.2) is 48.8 Å². The Hall–Kier alpha value is -0.510. The summed E-state index contributed by atoms with van der Waals surface area (Å²) >= 11 is 4.63. The van der Waals surface area contributed by atoms with Gasteiger partial charge in [0.2, 0.25) is 0 Å². The standard InChI is InChI=1S/C17H26N2S/c1-18-10-11-19(13-17(14-20)8-5-9-17)16(12-18)15-6-3-2-4-7-15/h2-4,6-7,16,20H,5,8-14H2,1H3. The predicted molar refractivity (Wildman–Crippen MR) is 88.4 cm³/mol. The van der Waals surface area contributed by atoms with Gasteiger partial charge in [0.25, 0.3) is 0 Å². The molecule has 0 amide bonds. The van der Waals surface area contributed by atoms with Crippen molar-refractivity contribution in [3.8, 4) is 0 Å². The van der Waals surface area contributed by atoms with Gasteiger partial charge in [0.1, 0.15) is 0 Å². The van der Waals surface area contributed by atoms with Crippen molar-refractivity contribution in [3.63, 3.8) is 0 Å². The van der Waals surface area contributed by atoms with Crippen LogP contribution in [0.3, 0.4) is 0 Å². The summed E-state index contributed by atoms with van der Waals surface area (Å²) in [7, 11) is 2.24. The number of rotatable bonds is 4. The van der Waals surface area contributed by atoms with E-state index in [4.69, 9.17) is 0 Å². The van der Waals surface area contributed by atoms with Gasteiger partial charge in [-0.25, -0.2) is 0 Å².